The second-order valence-electron chi connectivity index (χ2n) is 3.97. The molecule has 0 spiro atoms. The van der Waals surface area contributed by atoms with Crippen LogP contribution in [0.1, 0.15) is 24.2 Å². The first-order valence-electron chi connectivity index (χ1n) is 5.76. The summed E-state index contributed by atoms with van der Waals surface area (Å²) in [5, 5.41) is 7.80. The van der Waals surface area contributed by atoms with Crippen LogP contribution in [0.15, 0.2) is 38.0 Å². The number of nitrogens with zero attached hydrogens (tertiary/aromatic N) is 1. The van der Waals surface area contributed by atoms with Gasteiger partial charge in [0.15, 0.2) is 0 Å². The lowest BCUT2D eigenvalue weighted by atomic mass is 10.1. The highest BCUT2D eigenvalue weighted by Gasteiger charge is 2.16. The summed E-state index contributed by atoms with van der Waals surface area (Å²) in [7, 11) is 0. The first-order valence-corrected chi connectivity index (χ1v) is 8.29. The molecule has 0 radical (unpaired) electrons. The van der Waals surface area contributed by atoms with E-state index in [0.29, 0.717) is 0 Å². The molecule has 96 valence electrons. The molecule has 2 heterocycles. The third-order valence-electron chi connectivity index (χ3n) is 2.64. The van der Waals surface area contributed by atoms with Crippen molar-refractivity contribution in [3.63, 3.8) is 0 Å². The van der Waals surface area contributed by atoms with Gasteiger partial charge in [-0.25, -0.2) is 0 Å². The summed E-state index contributed by atoms with van der Waals surface area (Å²) < 4.78 is 2.03. The molecule has 2 aromatic rings. The zero-order valence-corrected chi connectivity index (χ0v) is 14.0. The SMILES string of the molecule is CCNC(Cc1ccsc1)c1ncc(Br)cc1Br. The Labute approximate surface area is 128 Å². The van der Waals surface area contributed by atoms with Crippen LogP contribution in [-0.2, 0) is 6.42 Å². The molecule has 18 heavy (non-hydrogen) atoms. The monoisotopic (exact) mass is 388 g/mol. The van der Waals surface area contributed by atoms with E-state index in [2.05, 4.69) is 65.9 Å². The van der Waals surface area contributed by atoms with Crippen molar-refractivity contribution in [2.24, 2.45) is 0 Å². The lowest BCUT2D eigenvalue weighted by Crippen LogP contribution is -2.24. The van der Waals surface area contributed by atoms with E-state index in [1.54, 1.807) is 11.3 Å². The summed E-state index contributed by atoms with van der Waals surface area (Å²) in [4.78, 5) is 4.52. The number of nitrogens with one attached hydrogen (secondary N) is 1. The molecule has 0 saturated heterocycles. The van der Waals surface area contributed by atoms with Crippen LogP contribution in [0.4, 0.5) is 0 Å². The van der Waals surface area contributed by atoms with Crippen LogP contribution in [0, 0.1) is 0 Å². The summed E-state index contributed by atoms with van der Waals surface area (Å²) in [5.41, 5.74) is 2.41. The summed E-state index contributed by atoms with van der Waals surface area (Å²) in [5.74, 6) is 0. The molecule has 2 rings (SSSR count). The fraction of sp³-hybridized carbons (Fsp3) is 0.308. The third kappa shape index (κ3) is 3.63. The average molecular weight is 390 g/mol. The van der Waals surface area contributed by atoms with Crippen molar-refractivity contribution in [2.75, 3.05) is 6.54 Å². The smallest absolute Gasteiger partial charge is 0.0719 e. The number of hydrogen-bond acceptors (Lipinski definition) is 3. The Kier molecular flexibility index (Phi) is 5.36. The van der Waals surface area contributed by atoms with E-state index in [9.17, 15) is 0 Å². The Bertz CT molecular complexity index is 500. The molecule has 0 aliphatic rings. The highest BCUT2D eigenvalue weighted by molar-refractivity contribution is 9.11. The van der Waals surface area contributed by atoms with Gasteiger partial charge in [0.2, 0.25) is 0 Å². The number of hydrogen-bond donors (Lipinski definition) is 1. The van der Waals surface area contributed by atoms with Gasteiger partial charge >= 0.3 is 0 Å². The van der Waals surface area contributed by atoms with Gasteiger partial charge in [-0.1, -0.05) is 6.92 Å². The molecule has 1 atom stereocenters. The van der Waals surface area contributed by atoms with Gasteiger partial charge in [-0.2, -0.15) is 11.3 Å². The molecular formula is C13H14Br2N2S. The number of aromatic nitrogens is 1. The van der Waals surface area contributed by atoms with Crippen molar-refractivity contribution < 1.29 is 0 Å². The van der Waals surface area contributed by atoms with E-state index in [1.807, 2.05) is 12.3 Å². The Morgan fingerprint density at radius 2 is 2.28 bits per heavy atom. The maximum Gasteiger partial charge on any atom is 0.0719 e. The number of pyridine rings is 1. The van der Waals surface area contributed by atoms with Crippen LogP contribution < -0.4 is 5.32 Å². The second kappa shape index (κ2) is 6.80. The van der Waals surface area contributed by atoms with Crippen molar-refractivity contribution in [3.8, 4) is 0 Å². The van der Waals surface area contributed by atoms with Crippen molar-refractivity contribution in [2.45, 2.75) is 19.4 Å². The molecule has 0 amide bonds. The quantitative estimate of drug-likeness (QED) is 0.810. The Morgan fingerprint density at radius 3 is 2.89 bits per heavy atom. The van der Waals surface area contributed by atoms with Crippen LogP contribution in [0.25, 0.3) is 0 Å². The van der Waals surface area contributed by atoms with Crippen molar-refractivity contribution >= 4 is 43.2 Å². The molecule has 0 bridgehead atoms. The van der Waals surface area contributed by atoms with Gasteiger partial charge in [0.1, 0.15) is 0 Å². The fourth-order valence-corrected chi connectivity index (χ4v) is 3.78. The number of rotatable bonds is 5. The number of halogens is 2. The summed E-state index contributed by atoms with van der Waals surface area (Å²) in [6.45, 7) is 3.05. The first kappa shape index (κ1) is 14.2. The second-order valence-corrected chi connectivity index (χ2v) is 6.52. The topological polar surface area (TPSA) is 24.9 Å². The molecule has 0 fully saturated rings. The van der Waals surface area contributed by atoms with E-state index in [-0.39, 0.29) is 6.04 Å². The normalized spacial score (nSPS) is 12.6. The summed E-state index contributed by atoms with van der Waals surface area (Å²) in [6.07, 6.45) is 2.81. The van der Waals surface area contributed by atoms with E-state index in [1.165, 1.54) is 5.56 Å². The van der Waals surface area contributed by atoms with Crippen molar-refractivity contribution in [1.29, 1.82) is 0 Å². The molecule has 0 aliphatic heterocycles. The molecule has 1 unspecified atom stereocenters. The van der Waals surface area contributed by atoms with Crippen LogP contribution >= 0.6 is 43.2 Å². The molecule has 0 aliphatic carbocycles. The Morgan fingerprint density at radius 1 is 1.44 bits per heavy atom. The van der Waals surface area contributed by atoms with Crippen LogP contribution in [-0.4, -0.2) is 11.5 Å². The minimum absolute atomic E-state index is 0.243. The van der Waals surface area contributed by atoms with E-state index in [4.69, 9.17) is 0 Å². The van der Waals surface area contributed by atoms with Crippen molar-refractivity contribution in [3.05, 3.63) is 49.3 Å². The Balaban J connectivity index is 2.23. The van der Waals surface area contributed by atoms with Gasteiger partial charge in [-0.05, 0) is 73.3 Å². The molecular weight excluding hydrogens is 376 g/mol. The largest absolute Gasteiger partial charge is 0.309 e. The van der Waals surface area contributed by atoms with E-state index < -0.39 is 0 Å². The van der Waals surface area contributed by atoms with Gasteiger partial charge in [-0.15, -0.1) is 0 Å². The maximum absolute atomic E-state index is 4.52. The lowest BCUT2D eigenvalue weighted by Gasteiger charge is -2.18. The van der Waals surface area contributed by atoms with Crippen LogP contribution in [0.2, 0.25) is 0 Å². The molecule has 1 N–H and O–H groups in total. The number of likely N-dealkylation sites (N-methyl/N-ethyl adjacent to an activating group) is 1. The predicted octanol–water partition coefficient (Wildman–Crippen LogP) is 4.56. The molecule has 2 aromatic heterocycles. The van der Waals surface area contributed by atoms with Gasteiger partial charge in [0.05, 0.1) is 11.7 Å². The zero-order chi connectivity index (χ0) is 13.0. The maximum atomic E-state index is 4.52. The predicted molar refractivity (Wildman–Crippen MR) is 84.1 cm³/mol. The molecule has 0 saturated carbocycles. The summed E-state index contributed by atoms with van der Waals surface area (Å²) in [6, 6.07) is 4.45. The van der Waals surface area contributed by atoms with E-state index in [0.717, 1.165) is 27.6 Å². The minimum Gasteiger partial charge on any atom is -0.309 e. The summed E-state index contributed by atoms with van der Waals surface area (Å²) >= 11 is 8.76. The van der Waals surface area contributed by atoms with Crippen molar-refractivity contribution in [1.82, 2.24) is 10.3 Å². The zero-order valence-electron chi connectivity index (χ0n) is 9.99. The van der Waals surface area contributed by atoms with Crippen LogP contribution in [0.5, 0.6) is 0 Å². The number of thiophene rings is 1. The standard InChI is InChI=1S/C13H14Br2N2S/c1-2-16-12(5-9-3-4-18-8-9)13-11(15)6-10(14)7-17-13/h3-4,6-8,12,16H,2,5H2,1H3. The van der Waals surface area contributed by atoms with E-state index >= 15 is 0 Å². The highest BCUT2D eigenvalue weighted by Crippen LogP contribution is 2.27. The van der Waals surface area contributed by atoms with Gasteiger partial charge in [0.25, 0.3) is 0 Å². The fourth-order valence-electron chi connectivity index (χ4n) is 1.84. The third-order valence-corrected chi connectivity index (χ3v) is 4.44. The Hall–Kier alpha value is -0.230. The van der Waals surface area contributed by atoms with Gasteiger partial charge in [-0.3, -0.25) is 4.98 Å². The molecule has 5 heteroatoms. The average Bonchev–Trinajstić information content (AvgIpc) is 2.81. The first-order chi connectivity index (χ1) is 8.70. The van der Waals surface area contributed by atoms with Crippen LogP contribution in [0.3, 0.4) is 0 Å². The van der Waals surface area contributed by atoms with Gasteiger partial charge < -0.3 is 5.32 Å². The minimum atomic E-state index is 0.243. The molecule has 2 nitrogen and oxygen atoms in total. The molecule has 0 aromatic carbocycles. The highest BCUT2D eigenvalue weighted by atomic mass is 79.9. The van der Waals surface area contributed by atoms with Gasteiger partial charge in [0, 0.05) is 15.1 Å². The lowest BCUT2D eigenvalue weighted by molar-refractivity contribution is 0.535.